The zero-order chi connectivity index (χ0) is 12.1. The van der Waals surface area contributed by atoms with Crippen LogP contribution in [-0.2, 0) is 9.84 Å². The molecule has 0 atom stereocenters. The number of hydrogen-bond acceptors (Lipinski definition) is 3. The lowest BCUT2D eigenvalue weighted by Crippen LogP contribution is -2.18. The molecule has 2 rings (SSSR count). The van der Waals surface area contributed by atoms with E-state index in [2.05, 4.69) is 4.90 Å². The second-order valence-electron chi connectivity index (χ2n) is 4.24. The second-order valence-corrected chi connectivity index (χ2v) is 6.07. The normalized spacial score (nSPS) is 16.9. The maximum Gasteiger partial charge on any atom is 0.199 e. The van der Waals surface area contributed by atoms with Gasteiger partial charge in [-0.05, 0) is 38.1 Å². The van der Waals surface area contributed by atoms with Gasteiger partial charge in [0.15, 0.2) is 9.84 Å². The van der Waals surface area contributed by atoms with Crippen LogP contribution < -0.4 is 0 Å². The predicted octanol–water partition coefficient (Wildman–Crippen LogP) is 2.49. The van der Waals surface area contributed by atoms with Gasteiger partial charge >= 0.3 is 0 Å². The molecule has 1 fully saturated rings. The molecule has 1 heterocycles. The van der Waals surface area contributed by atoms with E-state index in [4.69, 9.17) is 0 Å². The number of nitrogens with zero attached hydrogens (tertiary/aromatic N) is 1. The minimum Gasteiger partial charge on any atom is -0.300 e. The van der Waals surface area contributed by atoms with Crippen LogP contribution in [0.15, 0.2) is 46.7 Å². The van der Waals surface area contributed by atoms with Gasteiger partial charge in [-0.3, -0.25) is 4.90 Å². The third kappa shape index (κ3) is 4.12. The van der Waals surface area contributed by atoms with Crippen molar-refractivity contribution in [3.63, 3.8) is 0 Å². The summed E-state index contributed by atoms with van der Waals surface area (Å²) in [6, 6.07) is 8.53. The van der Waals surface area contributed by atoms with E-state index in [0.29, 0.717) is 4.90 Å². The highest BCUT2D eigenvalue weighted by atomic mass is 35.5. The summed E-state index contributed by atoms with van der Waals surface area (Å²) in [5.74, 6) is 0. The van der Waals surface area contributed by atoms with Gasteiger partial charge in [-0.15, -0.1) is 12.4 Å². The van der Waals surface area contributed by atoms with E-state index in [1.165, 1.54) is 18.2 Å². The lowest BCUT2D eigenvalue weighted by molar-refractivity contribution is 0.377. The van der Waals surface area contributed by atoms with Crippen LogP contribution in [0.25, 0.3) is 0 Å². The minimum absolute atomic E-state index is 0. The minimum atomic E-state index is -3.26. The summed E-state index contributed by atoms with van der Waals surface area (Å²) >= 11 is 0. The number of benzene rings is 1. The van der Waals surface area contributed by atoms with Gasteiger partial charge in [0.05, 0.1) is 4.90 Å². The molecule has 0 amide bonds. The Hall–Kier alpha value is -0.840. The molecule has 0 aliphatic carbocycles. The Morgan fingerprint density at radius 2 is 1.72 bits per heavy atom. The highest BCUT2D eigenvalue weighted by molar-refractivity contribution is 7.94. The van der Waals surface area contributed by atoms with Crippen LogP contribution in [-0.4, -0.2) is 33.0 Å². The van der Waals surface area contributed by atoms with Crippen LogP contribution in [0.3, 0.4) is 0 Å². The first-order valence-electron chi connectivity index (χ1n) is 5.87. The maximum atomic E-state index is 11.9. The molecule has 0 spiro atoms. The smallest absolute Gasteiger partial charge is 0.199 e. The largest absolute Gasteiger partial charge is 0.300 e. The van der Waals surface area contributed by atoms with Gasteiger partial charge in [0.25, 0.3) is 0 Å². The van der Waals surface area contributed by atoms with Crippen molar-refractivity contribution in [1.29, 1.82) is 0 Å². The summed E-state index contributed by atoms with van der Waals surface area (Å²) in [5.41, 5.74) is 0. The molecule has 0 aromatic heterocycles. The zero-order valence-electron chi connectivity index (χ0n) is 10.2. The molecule has 1 saturated heterocycles. The fourth-order valence-corrected chi connectivity index (χ4v) is 3.01. The Balaban J connectivity index is 0.00000162. The van der Waals surface area contributed by atoms with Gasteiger partial charge < -0.3 is 0 Å². The average Bonchev–Trinajstić information content (AvgIpc) is 2.83. The standard InChI is InChI=1S/C13H17NO2S.ClH/c15-17(16,13-7-2-1-3-8-13)12-6-11-14-9-4-5-10-14;/h1-3,6-8,12H,4-5,9-11H2;1H/b12-6+;. The summed E-state index contributed by atoms with van der Waals surface area (Å²) in [4.78, 5) is 2.62. The molecule has 1 aliphatic heterocycles. The summed E-state index contributed by atoms with van der Waals surface area (Å²) < 4.78 is 23.8. The van der Waals surface area contributed by atoms with Gasteiger partial charge in [-0.25, -0.2) is 8.42 Å². The van der Waals surface area contributed by atoms with E-state index < -0.39 is 9.84 Å². The van der Waals surface area contributed by atoms with Crippen molar-refractivity contribution in [3.8, 4) is 0 Å². The molecule has 0 radical (unpaired) electrons. The summed E-state index contributed by atoms with van der Waals surface area (Å²) in [5, 5.41) is 1.32. The SMILES string of the molecule is Cl.O=S(=O)(/C=C/CN1CCCC1)c1ccccc1. The lowest BCUT2D eigenvalue weighted by atomic mass is 10.4. The van der Waals surface area contributed by atoms with Crippen molar-refractivity contribution in [2.75, 3.05) is 19.6 Å². The third-order valence-electron chi connectivity index (χ3n) is 2.91. The van der Waals surface area contributed by atoms with Gasteiger partial charge in [-0.1, -0.05) is 24.3 Å². The Morgan fingerprint density at radius 1 is 1.11 bits per heavy atom. The number of sulfone groups is 1. The van der Waals surface area contributed by atoms with Crippen LogP contribution in [0, 0.1) is 0 Å². The topological polar surface area (TPSA) is 37.4 Å². The van der Waals surface area contributed by atoms with Crippen LogP contribution in [0.4, 0.5) is 0 Å². The van der Waals surface area contributed by atoms with Crippen molar-refractivity contribution in [3.05, 3.63) is 41.8 Å². The third-order valence-corrected chi connectivity index (χ3v) is 4.39. The van der Waals surface area contributed by atoms with E-state index >= 15 is 0 Å². The van der Waals surface area contributed by atoms with E-state index in [1.54, 1.807) is 30.3 Å². The molecule has 5 heteroatoms. The Morgan fingerprint density at radius 3 is 2.33 bits per heavy atom. The summed E-state index contributed by atoms with van der Waals surface area (Å²) in [6.07, 6.45) is 4.19. The van der Waals surface area contributed by atoms with E-state index in [-0.39, 0.29) is 12.4 Å². The van der Waals surface area contributed by atoms with Crippen molar-refractivity contribution in [2.24, 2.45) is 0 Å². The lowest BCUT2D eigenvalue weighted by Gasteiger charge is -2.10. The number of rotatable bonds is 4. The quantitative estimate of drug-likeness (QED) is 0.854. The summed E-state index contributed by atoms with van der Waals surface area (Å²) in [7, 11) is -3.26. The first kappa shape index (κ1) is 15.2. The van der Waals surface area contributed by atoms with Gasteiger partial charge in [-0.2, -0.15) is 0 Å². The molecule has 0 saturated carbocycles. The fourth-order valence-electron chi connectivity index (χ4n) is 1.97. The molecular weight excluding hydrogens is 270 g/mol. The van der Waals surface area contributed by atoms with Crippen molar-refractivity contribution >= 4 is 22.2 Å². The van der Waals surface area contributed by atoms with Crippen LogP contribution in [0.2, 0.25) is 0 Å². The molecule has 1 aliphatic rings. The highest BCUT2D eigenvalue weighted by Crippen LogP contribution is 2.12. The number of halogens is 1. The molecule has 0 N–H and O–H groups in total. The molecule has 0 unspecified atom stereocenters. The van der Waals surface area contributed by atoms with Crippen LogP contribution >= 0.6 is 12.4 Å². The van der Waals surface area contributed by atoms with E-state index in [9.17, 15) is 8.42 Å². The second kappa shape index (κ2) is 6.92. The van der Waals surface area contributed by atoms with Crippen LogP contribution in [0.5, 0.6) is 0 Å². The monoisotopic (exact) mass is 287 g/mol. The van der Waals surface area contributed by atoms with Crippen molar-refractivity contribution in [1.82, 2.24) is 4.90 Å². The molecular formula is C13H18ClNO2S. The first-order valence-corrected chi connectivity index (χ1v) is 7.42. The maximum absolute atomic E-state index is 11.9. The van der Waals surface area contributed by atoms with Crippen LogP contribution in [0.1, 0.15) is 12.8 Å². The van der Waals surface area contributed by atoms with Gasteiger partial charge in [0.1, 0.15) is 0 Å². The van der Waals surface area contributed by atoms with Gasteiger partial charge in [0, 0.05) is 12.0 Å². The molecule has 100 valence electrons. The van der Waals surface area contributed by atoms with Gasteiger partial charge in [0.2, 0.25) is 0 Å². The Kier molecular flexibility index (Phi) is 5.85. The Labute approximate surface area is 115 Å². The summed E-state index contributed by atoms with van der Waals surface area (Å²) in [6.45, 7) is 2.89. The van der Waals surface area contributed by atoms with E-state index in [1.807, 2.05) is 6.07 Å². The predicted molar refractivity (Wildman–Crippen MR) is 75.7 cm³/mol. The zero-order valence-corrected chi connectivity index (χ0v) is 11.8. The fraction of sp³-hybridized carbons (Fsp3) is 0.385. The molecule has 0 bridgehead atoms. The highest BCUT2D eigenvalue weighted by Gasteiger charge is 2.11. The molecule has 18 heavy (non-hydrogen) atoms. The van der Waals surface area contributed by atoms with Crippen molar-refractivity contribution in [2.45, 2.75) is 17.7 Å². The number of hydrogen-bond donors (Lipinski definition) is 0. The average molecular weight is 288 g/mol. The molecule has 3 nitrogen and oxygen atoms in total. The molecule has 1 aromatic carbocycles. The van der Waals surface area contributed by atoms with Crippen molar-refractivity contribution < 1.29 is 8.42 Å². The number of likely N-dealkylation sites (tertiary alicyclic amines) is 1. The first-order chi connectivity index (χ1) is 8.18. The molecule has 1 aromatic rings. The Bertz CT molecular complexity index is 479. The van der Waals surface area contributed by atoms with E-state index in [0.717, 1.165) is 19.6 Å².